The largest absolute Gasteiger partial charge is 0.411 e. The molecule has 1 aliphatic rings. The summed E-state index contributed by atoms with van der Waals surface area (Å²) in [5.74, 6) is 0. The summed E-state index contributed by atoms with van der Waals surface area (Å²) in [6, 6.07) is 15.2. The van der Waals surface area contributed by atoms with E-state index in [-0.39, 0.29) is 10.6 Å². The van der Waals surface area contributed by atoms with Gasteiger partial charge in [0, 0.05) is 44.4 Å². The number of oxime groups is 1. The van der Waals surface area contributed by atoms with Crippen LogP contribution in [0.15, 0.2) is 53.7 Å². The molecular formula is C18H20N4O3. The van der Waals surface area contributed by atoms with Gasteiger partial charge in [0.2, 0.25) is 0 Å². The molecule has 130 valence electrons. The average Bonchev–Trinajstić information content (AvgIpc) is 2.63. The summed E-state index contributed by atoms with van der Waals surface area (Å²) >= 11 is 0. The molecule has 0 atom stereocenters. The SMILES string of the molecule is O=[N+]([O-])c1cc(C=NO)ccc1N1CCN(Cc2ccccc2)CC1. The third-order valence-corrected chi connectivity index (χ3v) is 4.36. The fourth-order valence-corrected chi connectivity index (χ4v) is 3.09. The van der Waals surface area contributed by atoms with Crippen molar-refractivity contribution < 1.29 is 10.1 Å². The number of nitro benzene ring substituents is 1. The average molecular weight is 340 g/mol. The van der Waals surface area contributed by atoms with Crippen molar-refractivity contribution >= 4 is 17.6 Å². The molecule has 7 heteroatoms. The number of benzene rings is 2. The number of nitro groups is 1. The minimum Gasteiger partial charge on any atom is -0.411 e. The van der Waals surface area contributed by atoms with Crippen molar-refractivity contribution in [2.75, 3.05) is 31.1 Å². The minimum atomic E-state index is -0.389. The van der Waals surface area contributed by atoms with Crippen LogP contribution in [0.3, 0.4) is 0 Å². The third kappa shape index (κ3) is 4.13. The van der Waals surface area contributed by atoms with Crippen LogP contribution >= 0.6 is 0 Å². The summed E-state index contributed by atoms with van der Waals surface area (Å²) in [5, 5.41) is 22.9. The quantitative estimate of drug-likeness (QED) is 0.392. The molecule has 2 aromatic carbocycles. The number of piperazine rings is 1. The van der Waals surface area contributed by atoms with Gasteiger partial charge >= 0.3 is 0 Å². The van der Waals surface area contributed by atoms with E-state index < -0.39 is 0 Å². The van der Waals surface area contributed by atoms with E-state index in [1.165, 1.54) is 17.8 Å². The van der Waals surface area contributed by atoms with E-state index >= 15 is 0 Å². The zero-order chi connectivity index (χ0) is 17.6. The lowest BCUT2D eigenvalue weighted by atomic mass is 10.1. The summed E-state index contributed by atoms with van der Waals surface area (Å²) in [7, 11) is 0. The van der Waals surface area contributed by atoms with Gasteiger partial charge in [0.05, 0.1) is 11.1 Å². The maximum Gasteiger partial charge on any atom is 0.293 e. The van der Waals surface area contributed by atoms with Crippen LogP contribution in [0.1, 0.15) is 11.1 Å². The van der Waals surface area contributed by atoms with E-state index in [0.717, 1.165) is 32.7 Å². The molecule has 0 bridgehead atoms. The van der Waals surface area contributed by atoms with Gasteiger partial charge in [-0.1, -0.05) is 41.6 Å². The number of nitrogens with zero attached hydrogens (tertiary/aromatic N) is 4. The summed E-state index contributed by atoms with van der Waals surface area (Å²) in [4.78, 5) is 15.4. The van der Waals surface area contributed by atoms with Crippen LogP contribution in [-0.4, -0.2) is 47.4 Å². The van der Waals surface area contributed by atoms with Gasteiger partial charge in [-0.25, -0.2) is 0 Å². The first-order valence-corrected chi connectivity index (χ1v) is 8.14. The van der Waals surface area contributed by atoms with Crippen molar-refractivity contribution in [3.63, 3.8) is 0 Å². The zero-order valence-electron chi connectivity index (χ0n) is 13.8. The Bertz CT molecular complexity index is 756. The van der Waals surface area contributed by atoms with Crippen LogP contribution in [0, 0.1) is 10.1 Å². The molecule has 25 heavy (non-hydrogen) atoms. The van der Waals surface area contributed by atoms with Crippen molar-refractivity contribution in [2.24, 2.45) is 5.16 Å². The molecule has 3 rings (SSSR count). The molecule has 1 saturated heterocycles. The van der Waals surface area contributed by atoms with Gasteiger partial charge in [-0.3, -0.25) is 15.0 Å². The lowest BCUT2D eigenvalue weighted by Crippen LogP contribution is -2.46. The number of rotatable bonds is 5. The van der Waals surface area contributed by atoms with Gasteiger partial charge in [0.25, 0.3) is 5.69 Å². The van der Waals surface area contributed by atoms with Gasteiger partial charge in [0.15, 0.2) is 0 Å². The standard InChI is InChI=1S/C18H20N4O3/c23-19-13-16-6-7-17(18(12-16)22(24)25)21-10-8-20(9-11-21)14-15-4-2-1-3-5-15/h1-7,12-13,23H,8-11,14H2. The first kappa shape index (κ1) is 16.9. The molecule has 0 amide bonds. The molecule has 1 fully saturated rings. The Balaban J connectivity index is 1.69. The molecule has 1 heterocycles. The Hall–Kier alpha value is -2.93. The van der Waals surface area contributed by atoms with E-state index in [1.807, 2.05) is 23.1 Å². The normalized spacial score (nSPS) is 15.6. The molecule has 0 saturated carbocycles. The summed E-state index contributed by atoms with van der Waals surface area (Å²) in [6.45, 7) is 4.07. The van der Waals surface area contributed by atoms with Gasteiger partial charge in [-0.05, 0) is 11.6 Å². The predicted molar refractivity (Wildman–Crippen MR) is 96.4 cm³/mol. The van der Waals surface area contributed by atoms with Crippen molar-refractivity contribution in [1.29, 1.82) is 0 Å². The van der Waals surface area contributed by atoms with Gasteiger partial charge in [-0.2, -0.15) is 0 Å². The van der Waals surface area contributed by atoms with E-state index in [1.54, 1.807) is 12.1 Å². The molecule has 0 spiro atoms. The Morgan fingerprint density at radius 1 is 1.12 bits per heavy atom. The van der Waals surface area contributed by atoms with Crippen LogP contribution in [0.2, 0.25) is 0 Å². The Morgan fingerprint density at radius 3 is 2.48 bits per heavy atom. The van der Waals surface area contributed by atoms with Crippen molar-refractivity contribution in [2.45, 2.75) is 6.54 Å². The second-order valence-corrected chi connectivity index (χ2v) is 6.00. The molecular weight excluding hydrogens is 320 g/mol. The fraction of sp³-hybridized carbons (Fsp3) is 0.278. The molecule has 1 aliphatic heterocycles. The first-order chi connectivity index (χ1) is 12.2. The second kappa shape index (κ2) is 7.76. The molecule has 2 aromatic rings. The molecule has 0 unspecified atom stereocenters. The van der Waals surface area contributed by atoms with Crippen molar-refractivity contribution in [3.8, 4) is 0 Å². The minimum absolute atomic E-state index is 0.0360. The zero-order valence-corrected chi connectivity index (χ0v) is 13.8. The Kier molecular flexibility index (Phi) is 5.25. The summed E-state index contributed by atoms with van der Waals surface area (Å²) in [5.41, 5.74) is 2.42. The van der Waals surface area contributed by atoms with Crippen molar-refractivity contribution in [1.82, 2.24) is 4.90 Å². The van der Waals surface area contributed by atoms with E-state index in [0.29, 0.717) is 11.3 Å². The first-order valence-electron chi connectivity index (χ1n) is 8.14. The van der Waals surface area contributed by atoms with Gasteiger partial charge in [-0.15, -0.1) is 0 Å². The highest BCUT2D eigenvalue weighted by Crippen LogP contribution is 2.29. The van der Waals surface area contributed by atoms with Crippen LogP contribution in [-0.2, 0) is 6.54 Å². The monoisotopic (exact) mass is 340 g/mol. The molecule has 1 N–H and O–H groups in total. The molecule has 7 nitrogen and oxygen atoms in total. The highest BCUT2D eigenvalue weighted by atomic mass is 16.6. The van der Waals surface area contributed by atoms with E-state index in [2.05, 4.69) is 22.2 Å². The fourth-order valence-electron chi connectivity index (χ4n) is 3.09. The topological polar surface area (TPSA) is 82.2 Å². The van der Waals surface area contributed by atoms with Gasteiger partial charge < -0.3 is 10.1 Å². The number of hydrogen-bond acceptors (Lipinski definition) is 6. The number of anilines is 1. The number of hydrogen-bond donors (Lipinski definition) is 1. The van der Waals surface area contributed by atoms with Crippen LogP contribution in [0.5, 0.6) is 0 Å². The lowest BCUT2D eigenvalue weighted by molar-refractivity contribution is -0.384. The van der Waals surface area contributed by atoms with Crippen LogP contribution < -0.4 is 4.90 Å². The smallest absolute Gasteiger partial charge is 0.293 e. The predicted octanol–water partition coefficient (Wildman–Crippen LogP) is 2.73. The Morgan fingerprint density at radius 2 is 1.84 bits per heavy atom. The maximum absolute atomic E-state index is 11.4. The Labute approximate surface area is 145 Å². The lowest BCUT2D eigenvalue weighted by Gasteiger charge is -2.35. The molecule has 0 radical (unpaired) electrons. The van der Waals surface area contributed by atoms with Crippen molar-refractivity contribution in [3.05, 3.63) is 69.8 Å². The van der Waals surface area contributed by atoms with Gasteiger partial charge in [0.1, 0.15) is 5.69 Å². The molecule has 0 aromatic heterocycles. The maximum atomic E-state index is 11.4. The van der Waals surface area contributed by atoms with E-state index in [4.69, 9.17) is 5.21 Å². The van der Waals surface area contributed by atoms with E-state index in [9.17, 15) is 10.1 Å². The second-order valence-electron chi connectivity index (χ2n) is 6.00. The molecule has 0 aliphatic carbocycles. The highest BCUT2D eigenvalue weighted by molar-refractivity contribution is 5.82. The van der Waals surface area contributed by atoms with Crippen LogP contribution in [0.25, 0.3) is 0 Å². The summed E-state index contributed by atoms with van der Waals surface area (Å²) in [6.07, 6.45) is 1.19. The van der Waals surface area contributed by atoms with Crippen LogP contribution in [0.4, 0.5) is 11.4 Å². The summed E-state index contributed by atoms with van der Waals surface area (Å²) < 4.78 is 0. The third-order valence-electron chi connectivity index (χ3n) is 4.36. The highest BCUT2D eigenvalue weighted by Gasteiger charge is 2.24.